The van der Waals surface area contributed by atoms with Crippen LogP contribution in [0.15, 0.2) is 18.2 Å². The molecule has 0 radical (unpaired) electrons. The van der Waals surface area contributed by atoms with E-state index < -0.39 is 4.92 Å². The lowest BCUT2D eigenvalue weighted by Gasteiger charge is -2.36. The van der Waals surface area contributed by atoms with E-state index in [1.807, 2.05) is 9.80 Å². The maximum atomic E-state index is 14.0. The van der Waals surface area contributed by atoms with E-state index in [-0.39, 0.29) is 11.5 Å². The molecule has 0 atom stereocenters. The van der Waals surface area contributed by atoms with Crippen LogP contribution in [-0.2, 0) is 7.05 Å². The highest BCUT2D eigenvalue weighted by molar-refractivity contribution is 6.30. The highest BCUT2D eigenvalue weighted by Crippen LogP contribution is 2.32. The van der Waals surface area contributed by atoms with Crippen molar-refractivity contribution in [3.63, 3.8) is 0 Å². The second-order valence-corrected chi connectivity index (χ2v) is 6.14. The first-order valence-electron chi connectivity index (χ1n) is 7.51. The Labute approximate surface area is 143 Å². The van der Waals surface area contributed by atoms with Crippen LogP contribution in [0.25, 0.3) is 0 Å². The summed E-state index contributed by atoms with van der Waals surface area (Å²) < 4.78 is 15.6. The summed E-state index contributed by atoms with van der Waals surface area (Å²) in [6.45, 7) is 3.82. The lowest BCUT2D eigenvalue weighted by Crippen LogP contribution is -2.47. The van der Waals surface area contributed by atoms with E-state index in [0.29, 0.717) is 48.4 Å². The lowest BCUT2D eigenvalue weighted by molar-refractivity contribution is -0.384. The molecule has 7 nitrogen and oxygen atoms in total. The molecule has 128 valence electrons. The van der Waals surface area contributed by atoms with Crippen molar-refractivity contribution in [2.75, 3.05) is 36.0 Å². The minimum absolute atomic E-state index is 0.0311. The van der Waals surface area contributed by atoms with Gasteiger partial charge in [0.05, 0.1) is 10.6 Å². The number of rotatable bonds is 3. The largest absolute Gasteiger partial charge is 0.366 e. The molecule has 1 aromatic heterocycles. The van der Waals surface area contributed by atoms with E-state index in [4.69, 9.17) is 11.6 Å². The number of halogens is 2. The Bertz CT molecular complexity index is 786. The van der Waals surface area contributed by atoms with Crippen molar-refractivity contribution in [3.05, 3.63) is 44.8 Å². The quantitative estimate of drug-likeness (QED) is 0.627. The number of benzene rings is 1. The molecule has 0 unspecified atom stereocenters. The Balaban J connectivity index is 1.80. The lowest BCUT2D eigenvalue weighted by atomic mass is 10.2. The molecule has 9 heteroatoms. The van der Waals surface area contributed by atoms with Crippen LogP contribution in [0.4, 0.5) is 21.6 Å². The van der Waals surface area contributed by atoms with Crippen LogP contribution in [0.5, 0.6) is 0 Å². The molecule has 1 aliphatic rings. The smallest absolute Gasteiger partial charge is 0.333 e. The predicted molar refractivity (Wildman–Crippen MR) is 90.4 cm³/mol. The van der Waals surface area contributed by atoms with Crippen LogP contribution < -0.4 is 9.80 Å². The molecule has 2 heterocycles. The molecule has 0 saturated carbocycles. The second-order valence-electron chi connectivity index (χ2n) is 5.71. The summed E-state index contributed by atoms with van der Waals surface area (Å²) >= 11 is 5.79. The van der Waals surface area contributed by atoms with Gasteiger partial charge in [-0.1, -0.05) is 11.6 Å². The number of nitro groups is 1. The van der Waals surface area contributed by atoms with Crippen molar-refractivity contribution < 1.29 is 9.31 Å². The molecule has 0 spiro atoms. The Morgan fingerprint density at radius 2 is 1.88 bits per heavy atom. The molecular weight excluding hydrogens is 337 g/mol. The van der Waals surface area contributed by atoms with Crippen molar-refractivity contribution in [1.29, 1.82) is 0 Å². The zero-order chi connectivity index (χ0) is 17.4. The molecule has 2 aromatic rings. The molecule has 0 amide bonds. The van der Waals surface area contributed by atoms with Gasteiger partial charge in [-0.15, -0.1) is 0 Å². The zero-order valence-corrected chi connectivity index (χ0v) is 14.1. The van der Waals surface area contributed by atoms with Crippen LogP contribution in [0.3, 0.4) is 0 Å². The standard InChI is InChI=1S/C15H17ClFN5O2/c1-10-14(22(23)24)15(19(2)18-10)21-7-5-20(6-8-21)13-4-3-11(16)9-12(13)17/h3-4,9H,5-8H2,1-2H3. The third-order valence-corrected chi connectivity index (χ3v) is 4.41. The summed E-state index contributed by atoms with van der Waals surface area (Å²) in [7, 11) is 1.70. The summed E-state index contributed by atoms with van der Waals surface area (Å²) in [4.78, 5) is 14.7. The molecule has 3 rings (SSSR count). The first-order chi connectivity index (χ1) is 11.4. The topological polar surface area (TPSA) is 67.4 Å². The first-order valence-corrected chi connectivity index (χ1v) is 7.89. The fraction of sp³-hybridized carbons (Fsp3) is 0.400. The van der Waals surface area contributed by atoms with Gasteiger partial charge in [-0.05, 0) is 25.1 Å². The van der Waals surface area contributed by atoms with Crippen molar-refractivity contribution in [2.24, 2.45) is 7.05 Å². The minimum atomic E-state index is -0.400. The average Bonchev–Trinajstić information content (AvgIpc) is 2.82. The van der Waals surface area contributed by atoms with Gasteiger partial charge >= 0.3 is 5.69 Å². The van der Waals surface area contributed by atoms with Crippen molar-refractivity contribution in [3.8, 4) is 0 Å². The van der Waals surface area contributed by atoms with E-state index in [2.05, 4.69) is 5.10 Å². The number of piperazine rings is 1. The summed E-state index contributed by atoms with van der Waals surface area (Å²) in [6.07, 6.45) is 0. The van der Waals surface area contributed by atoms with Crippen molar-refractivity contribution in [2.45, 2.75) is 6.92 Å². The van der Waals surface area contributed by atoms with E-state index in [0.717, 1.165) is 0 Å². The number of anilines is 2. The number of hydrogen-bond donors (Lipinski definition) is 0. The van der Waals surface area contributed by atoms with Gasteiger partial charge in [-0.2, -0.15) is 5.10 Å². The van der Waals surface area contributed by atoms with Crippen LogP contribution in [-0.4, -0.2) is 40.9 Å². The molecular formula is C15H17ClFN5O2. The summed E-state index contributed by atoms with van der Waals surface area (Å²) in [5.74, 6) is 0.132. The molecule has 1 aliphatic heterocycles. The Hall–Kier alpha value is -2.35. The van der Waals surface area contributed by atoms with Gasteiger partial charge in [-0.3, -0.25) is 10.1 Å². The van der Waals surface area contributed by atoms with E-state index >= 15 is 0 Å². The number of nitrogens with zero attached hydrogens (tertiary/aromatic N) is 5. The molecule has 1 fully saturated rings. The normalized spacial score (nSPS) is 15.0. The van der Waals surface area contributed by atoms with Crippen LogP contribution >= 0.6 is 11.6 Å². The third kappa shape index (κ3) is 2.89. The fourth-order valence-electron chi connectivity index (χ4n) is 3.10. The Kier molecular flexibility index (Phi) is 4.31. The average molecular weight is 354 g/mol. The van der Waals surface area contributed by atoms with Gasteiger partial charge in [0, 0.05) is 38.2 Å². The third-order valence-electron chi connectivity index (χ3n) is 4.17. The van der Waals surface area contributed by atoms with E-state index in [9.17, 15) is 14.5 Å². The monoisotopic (exact) mass is 353 g/mol. The van der Waals surface area contributed by atoms with Gasteiger partial charge in [0.2, 0.25) is 5.82 Å². The molecule has 0 bridgehead atoms. The summed E-state index contributed by atoms with van der Waals surface area (Å²) in [5, 5.41) is 15.8. The summed E-state index contributed by atoms with van der Waals surface area (Å²) in [5.41, 5.74) is 0.919. The van der Waals surface area contributed by atoms with Gasteiger partial charge < -0.3 is 9.80 Å². The van der Waals surface area contributed by atoms with Gasteiger partial charge in [0.15, 0.2) is 0 Å². The van der Waals surface area contributed by atoms with Crippen LogP contribution in [0, 0.1) is 22.9 Å². The molecule has 0 N–H and O–H groups in total. The highest BCUT2D eigenvalue weighted by atomic mass is 35.5. The SMILES string of the molecule is Cc1nn(C)c(N2CCN(c3ccc(Cl)cc3F)CC2)c1[N+](=O)[O-]. The zero-order valence-electron chi connectivity index (χ0n) is 13.4. The second kappa shape index (κ2) is 6.27. The van der Waals surface area contributed by atoms with Crippen molar-refractivity contribution in [1.82, 2.24) is 9.78 Å². The summed E-state index contributed by atoms with van der Waals surface area (Å²) in [6, 6.07) is 4.60. The number of aryl methyl sites for hydroxylation is 2. The van der Waals surface area contributed by atoms with Crippen LogP contribution in [0.1, 0.15) is 5.69 Å². The van der Waals surface area contributed by atoms with Gasteiger partial charge in [0.25, 0.3) is 0 Å². The Morgan fingerprint density at radius 1 is 1.25 bits per heavy atom. The van der Waals surface area contributed by atoms with Gasteiger partial charge in [-0.25, -0.2) is 9.07 Å². The van der Waals surface area contributed by atoms with E-state index in [1.54, 1.807) is 26.1 Å². The number of aromatic nitrogens is 2. The fourth-order valence-corrected chi connectivity index (χ4v) is 3.26. The maximum Gasteiger partial charge on any atom is 0.333 e. The van der Waals surface area contributed by atoms with Crippen LogP contribution in [0.2, 0.25) is 5.02 Å². The maximum absolute atomic E-state index is 14.0. The molecule has 1 aromatic carbocycles. The molecule has 24 heavy (non-hydrogen) atoms. The van der Waals surface area contributed by atoms with Crippen molar-refractivity contribution >= 4 is 28.8 Å². The minimum Gasteiger partial charge on any atom is -0.366 e. The highest BCUT2D eigenvalue weighted by Gasteiger charge is 2.30. The number of hydrogen-bond acceptors (Lipinski definition) is 5. The molecule has 0 aliphatic carbocycles. The Morgan fingerprint density at radius 3 is 2.46 bits per heavy atom. The van der Waals surface area contributed by atoms with Gasteiger partial charge in [0.1, 0.15) is 11.5 Å². The predicted octanol–water partition coefficient (Wildman–Crippen LogP) is 2.76. The van der Waals surface area contributed by atoms with E-state index in [1.165, 1.54) is 10.7 Å². The molecule has 1 saturated heterocycles. The first kappa shape index (κ1) is 16.5.